The van der Waals surface area contributed by atoms with E-state index in [9.17, 15) is 4.79 Å². The Morgan fingerprint density at radius 1 is 1.47 bits per heavy atom. The predicted octanol–water partition coefficient (Wildman–Crippen LogP) is 2.39. The lowest BCUT2D eigenvalue weighted by Gasteiger charge is -2.10. The molecule has 0 radical (unpaired) electrons. The summed E-state index contributed by atoms with van der Waals surface area (Å²) in [6.45, 7) is 3.23. The molecular weight excluding hydrogens is 222 g/mol. The van der Waals surface area contributed by atoms with E-state index in [4.69, 9.17) is 15.4 Å². The maximum absolute atomic E-state index is 11.7. The summed E-state index contributed by atoms with van der Waals surface area (Å²) in [5.41, 5.74) is 10.6. The van der Waals surface area contributed by atoms with Crippen LogP contribution in [0.5, 0.6) is 0 Å². The monoisotopic (exact) mass is 235 g/mol. The molecule has 0 amide bonds. The summed E-state index contributed by atoms with van der Waals surface area (Å²) < 4.78 is 4.85. The van der Waals surface area contributed by atoms with Crippen LogP contribution < -0.4 is 0 Å². The van der Waals surface area contributed by atoms with E-state index in [0.29, 0.717) is 22.4 Å². The van der Waals surface area contributed by atoms with Crippen LogP contribution in [0.15, 0.2) is 17.2 Å². The molecule has 0 unspecified atom stereocenters. The van der Waals surface area contributed by atoms with Crippen molar-refractivity contribution < 1.29 is 14.6 Å². The predicted molar refractivity (Wildman–Crippen MR) is 62.1 cm³/mol. The molecule has 90 valence electrons. The lowest BCUT2D eigenvalue weighted by Crippen LogP contribution is -2.11. The van der Waals surface area contributed by atoms with Crippen LogP contribution in [0.2, 0.25) is 0 Å². The number of aliphatic hydroxyl groups excluding tert-OH is 1. The summed E-state index contributed by atoms with van der Waals surface area (Å²) in [4.78, 5) is 14.4. The van der Waals surface area contributed by atoms with Crippen molar-refractivity contribution in [3.05, 3.63) is 39.3 Å². The van der Waals surface area contributed by atoms with Gasteiger partial charge in [0.1, 0.15) is 6.61 Å². The van der Waals surface area contributed by atoms with E-state index in [1.54, 1.807) is 26.0 Å². The fraction of sp³-hybridized carbons (Fsp3) is 0.364. The number of esters is 1. The van der Waals surface area contributed by atoms with Crippen LogP contribution in [-0.4, -0.2) is 24.3 Å². The molecule has 1 N–H and O–H groups in total. The third kappa shape index (κ3) is 3.21. The Morgan fingerprint density at radius 3 is 2.53 bits per heavy atom. The van der Waals surface area contributed by atoms with Gasteiger partial charge >= 0.3 is 5.97 Å². The Kier molecular flexibility index (Phi) is 4.51. The van der Waals surface area contributed by atoms with Gasteiger partial charge < -0.3 is 9.84 Å². The summed E-state index contributed by atoms with van der Waals surface area (Å²) >= 11 is 0. The van der Waals surface area contributed by atoms with E-state index in [2.05, 4.69) is 10.0 Å². The number of nitrogens with zero attached hydrogens (tertiary/aromatic N) is 3. The number of rotatable bonds is 4. The first-order chi connectivity index (χ1) is 8.10. The molecule has 0 aliphatic carbocycles. The molecule has 0 heterocycles. The number of carbonyl (C=O) groups excluding carboxylic acids is 1. The molecule has 0 spiro atoms. The van der Waals surface area contributed by atoms with Crippen molar-refractivity contribution in [2.45, 2.75) is 13.8 Å². The van der Waals surface area contributed by atoms with Crippen molar-refractivity contribution in [1.82, 2.24) is 0 Å². The Hall–Kier alpha value is -2.04. The molecular formula is C11H13N3O3. The number of carbonyl (C=O) groups is 1. The molecule has 0 aliphatic rings. The van der Waals surface area contributed by atoms with Crippen molar-refractivity contribution >= 4 is 11.7 Å². The minimum absolute atomic E-state index is 0.0319. The number of benzene rings is 1. The topological polar surface area (TPSA) is 95.3 Å². The number of azide groups is 1. The van der Waals surface area contributed by atoms with Crippen LogP contribution in [0.25, 0.3) is 10.4 Å². The van der Waals surface area contributed by atoms with E-state index in [0.717, 1.165) is 0 Å². The molecule has 1 aromatic rings. The number of aryl methyl sites for hydroxylation is 2. The van der Waals surface area contributed by atoms with E-state index in [1.807, 2.05) is 0 Å². The molecule has 17 heavy (non-hydrogen) atoms. The van der Waals surface area contributed by atoms with Crippen molar-refractivity contribution in [1.29, 1.82) is 0 Å². The fourth-order valence-corrected chi connectivity index (χ4v) is 1.58. The van der Waals surface area contributed by atoms with Gasteiger partial charge in [-0.3, -0.25) is 0 Å². The van der Waals surface area contributed by atoms with Crippen molar-refractivity contribution in [3.8, 4) is 0 Å². The summed E-state index contributed by atoms with van der Waals surface area (Å²) in [6, 6.07) is 3.23. The number of hydrogen-bond acceptors (Lipinski definition) is 4. The number of hydrogen-bond donors (Lipinski definition) is 1. The zero-order chi connectivity index (χ0) is 12.8. The molecule has 6 nitrogen and oxygen atoms in total. The summed E-state index contributed by atoms with van der Waals surface area (Å²) in [6.07, 6.45) is 0. The average Bonchev–Trinajstić information content (AvgIpc) is 2.25. The quantitative estimate of drug-likeness (QED) is 0.375. The van der Waals surface area contributed by atoms with E-state index in [-0.39, 0.29) is 13.2 Å². The summed E-state index contributed by atoms with van der Waals surface area (Å²) in [5, 5.41) is 12.1. The van der Waals surface area contributed by atoms with Gasteiger partial charge in [-0.15, -0.1) is 0 Å². The van der Waals surface area contributed by atoms with Crippen LogP contribution in [0, 0.1) is 13.8 Å². The Morgan fingerprint density at radius 2 is 2.06 bits per heavy atom. The summed E-state index contributed by atoms with van der Waals surface area (Å²) in [5.74, 6) is -0.485. The Balaban J connectivity index is 3.09. The normalized spacial score (nSPS) is 9.59. The van der Waals surface area contributed by atoms with Crippen LogP contribution in [0.3, 0.4) is 0 Å². The van der Waals surface area contributed by atoms with Crippen LogP contribution in [0.1, 0.15) is 21.5 Å². The van der Waals surface area contributed by atoms with Gasteiger partial charge in [-0.25, -0.2) is 4.79 Å². The number of ether oxygens (including phenoxy) is 1. The van der Waals surface area contributed by atoms with Gasteiger partial charge in [0, 0.05) is 10.6 Å². The fourth-order valence-electron chi connectivity index (χ4n) is 1.58. The van der Waals surface area contributed by atoms with Crippen molar-refractivity contribution in [2.75, 3.05) is 13.2 Å². The third-order valence-electron chi connectivity index (χ3n) is 2.21. The first kappa shape index (κ1) is 13.0. The Labute approximate surface area is 98.5 Å². The maximum Gasteiger partial charge on any atom is 0.338 e. The van der Waals surface area contributed by atoms with Crippen LogP contribution in [-0.2, 0) is 4.74 Å². The second-order valence-corrected chi connectivity index (χ2v) is 3.50. The van der Waals surface area contributed by atoms with Gasteiger partial charge in [0.2, 0.25) is 0 Å². The van der Waals surface area contributed by atoms with E-state index >= 15 is 0 Å². The molecule has 0 atom stereocenters. The largest absolute Gasteiger partial charge is 0.460 e. The molecule has 0 aliphatic heterocycles. The standard InChI is InChI=1S/C11H13N3O3/c1-7-5-9(13-14-12)6-8(2)10(7)11(16)17-4-3-15/h5-6,15H,3-4H2,1-2H3. The van der Waals surface area contributed by atoms with Gasteiger partial charge in [0.05, 0.1) is 12.2 Å². The third-order valence-corrected chi connectivity index (χ3v) is 2.21. The second kappa shape index (κ2) is 5.89. The minimum atomic E-state index is -0.485. The molecule has 0 saturated heterocycles. The smallest absolute Gasteiger partial charge is 0.338 e. The average molecular weight is 235 g/mol. The first-order valence-corrected chi connectivity index (χ1v) is 5.04. The molecule has 0 aromatic heterocycles. The second-order valence-electron chi connectivity index (χ2n) is 3.50. The van der Waals surface area contributed by atoms with E-state index < -0.39 is 5.97 Å². The lowest BCUT2D eigenvalue weighted by molar-refractivity contribution is 0.0432. The highest BCUT2D eigenvalue weighted by molar-refractivity contribution is 5.93. The SMILES string of the molecule is Cc1cc(N=[N+]=[N-])cc(C)c1C(=O)OCCO. The molecule has 1 aromatic carbocycles. The number of aliphatic hydroxyl groups is 1. The molecule has 0 fully saturated rings. The molecule has 6 heteroatoms. The zero-order valence-corrected chi connectivity index (χ0v) is 9.67. The van der Waals surface area contributed by atoms with Gasteiger partial charge in [-0.2, -0.15) is 0 Å². The van der Waals surface area contributed by atoms with E-state index in [1.165, 1.54) is 0 Å². The molecule has 0 bridgehead atoms. The zero-order valence-electron chi connectivity index (χ0n) is 9.67. The van der Waals surface area contributed by atoms with Crippen molar-refractivity contribution in [3.63, 3.8) is 0 Å². The van der Waals surface area contributed by atoms with Gasteiger partial charge in [-0.05, 0) is 42.6 Å². The van der Waals surface area contributed by atoms with Gasteiger partial charge in [-0.1, -0.05) is 5.11 Å². The highest BCUT2D eigenvalue weighted by atomic mass is 16.5. The minimum Gasteiger partial charge on any atom is -0.460 e. The van der Waals surface area contributed by atoms with Gasteiger partial charge in [0.25, 0.3) is 0 Å². The van der Waals surface area contributed by atoms with Crippen LogP contribution in [0.4, 0.5) is 5.69 Å². The Bertz CT molecular complexity index is 456. The van der Waals surface area contributed by atoms with Crippen molar-refractivity contribution in [2.24, 2.45) is 5.11 Å². The van der Waals surface area contributed by atoms with Gasteiger partial charge in [0.15, 0.2) is 0 Å². The first-order valence-electron chi connectivity index (χ1n) is 5.04. The summed E-state index contributed by atoms with van der Waals surface area (Å²) in [7, 11) is 0. The molecule has 0 saturated carbocycles. The highest BCUT2D eigenvalue weighted by Gasteiger charge is 2.14. The maximum atomic E-state index is 11.7. The highest BCUT2D eigenvalue weighted by Crippen LogP contribution is 2.23. The van der Waals surface area contributed by atoms with Crippen LogP contribution >= 0.6 is 0 Å². The molecule has 1 rings (SSSR count). The lowest BCUT2D eigenvalue weighted by atomic mass is 10.0.